The summed E-state index contributed by atoms with van der Waals surface area (Å²) in [5.41, 5.74) is 0.657. The molecule has 0 bridgehead atoms. The Morgan fingerprint density at radius 1 is 1.38 bits per heavy atom. The third-order valence-corrected chi connectivity index (χ3v) is 4.24. The molecule has 1 saturated carbocycles. The molecule has 0 radical (unpaired) electrons. The average Bonchev–Trinajstić information content (AvgIpc) is 2.86. The van der Waals surface area contributed by atoms with Gasteiger partial charge >= 0.3 is 6.61 Å². The minimum atomic E-state index is -2.88. The highest BCUT2D eigenvalue weighted by molar-refractivity contribution is 5.82. The van der Waals surface area contributed by atoms with Crippen LogP contribution in [-0.2, 0) is 4.79 Å². The van der Waals surface area contributed by atoms with Gasteiger partial charge in [0.25, 0.3) is 0 Å². The molecule has 6 heteroatoms. The van der Waals surface area contributed by atoms with Gasteiger partial charge in [0, 0.05) is 11.6 Å². The fraction of sp³-hybridized carbons (Fsp3) is 0.533. The Labute approximate surface area is 122 Å². The number of para-hydroxylation sites is 1. The van der Waals surface area contributed by atoms with Crippen molar-refractivity contribution in [2.75, 3.05) is 6.54 Å². The lowest BCUT2D eigenvalue weighted by Gasteiger charge is -2.27. The summed E-state index contributed by atoms with van der Waals surface area (Å²) >= 11 is 0. The van der Waals surface area contributed by atoms with Crippen molar-refractivity contribution in [1.82, 2.24) is 10.2 Å². The van der Waals surface area contributed by atoms with Crippen LogP contribution >= 0.6 is 0 Å². The molecule has 1 aliphatic heterocycles. The Kier molecular flexibility index (Phi) is 3.36. The minimum Gasteiger partial charge on any atom is -0.434 e. The van der Waals surface area contributed by atoms with Gasteiger partial charge in [0.1, 0.15) is 11.9 Å². The van der Waals surface area contributed by atoms with Crippen molar-refractivity contribution in [1.29, 1.82) is 0 Å². The molecule has 1 aromatic rings. The molecule has 0 aromatic heterocycles. The molecule has 1 aromatic carbocycles. The van der Waals surface area contributed by atoms with Crippen LogP contribution in [0.5, 0.6) is 5.75 Å². The van der Waals surface area contributed by atoms with Gasteiger partial charge in [-0.1, -0.05) is 32.0 Å². The van der Waals surface area contributed by atoms with Gasteiger partial charge in [0.05, 0.1) is 6.54 Å². The van der Waals surface area contributed by atoms with Crippen LogP contribution in [-0.4, -0.2) is 30.0 Å². The highest BCUT2D eigenvalue weighted by atomic mass is 19.3. The normalized spacial score (nSPS) is 27.3. The lowest BCUT2D eigenvalue weighted by atomic mass is 10.1. The van der Waals surface area contributed by atoms with E-state index < -0.39 is 12.8 Å². The monoisotopic (exact) mass is 296 g/mol. The largest absolute Gasteiger partial charge is 0.434 e. The number of hydrogen-bond donors (Lipinski definition) is 1. The summed E-state index contributed by atoms with van der Waals surface area (Å²) in [5.74, 6) is 0.116. The van der Waals surface area contributed by atoms with Crippen molar-refractivity contribution in [3.8, 4) is 5.75 Å². The molecular formula is C15H18F2N2O2. The third kappa shape index (κ3) is 2.60. The minimum absolute atomic E-state index is 0.00225. The molecule has 1 saturated heterocycles. The van der Waals surface area contributed by atoms with Crippen molar-refractivity contribution >= 4 is 5.91 Å². The molecule has 1 amide bonds. The van der Waals surface area contributed by atoms with Crippen LogP contribution in [0.25, 0.3) is 0 Å². The van der Waals surface area contributed by atoms with Gasteiger partial charge in [-0.25, -0.2) is 0 Å². The van der Waals surface area contributed by atoms with E-state index in [9.17, 15) is 13.6 Å². The predicted octanol–water partition coefficient (Wildman–Crippen LogP) is 2.52. The number of carbonyl (C=O) groups excluding carboxylic acids is 1. The zero-order valence-electron chi connectivity index (χ0n) is 12.0. The summed E-state index contributed by atoms with van der Waals surface area (Å²) in [5, 5.41) is 3.10. The summed E-state index contributed by atoms with van der Waals surface area (Å²) in [6.07, 6.45) is 0.522. The number of ether oxygens (including phenoxy) is 1. The number of nitrogens with zero attached hydrogens (tertiary/aromatic N) is 1. The number of alkyl halides is 2. The first kappa shape index (κ1) is 14.3. The second-order valence-electron chi connectivity index (χ2n) is 6.21. The maximum Gasteiger partial charge on any atom is 0.387 e. The van der Waals surface area contributed by atoms with Crippen molar-refractivity contribution in [2.45, 2.75) is 39.1 Å². The molecule has 1 heterocycles. The first-order valence-electron chi connectivity index (χ1n) is 6.98. The van der Waals surface area contributed by atoms with Gasteiger partial charge in [-0.3, -0.25) is 10.1 Å². The molecule has 21 heavy (non-hydrogen) atoms. The maximum absolute atomic E-state index is 12.5. The molecular weight excluding hydrogens is 278 g/mol. The molecule has 2 fully saturated rings. The van der Waals surface area contributed by atoms with Gasteiger partial charge in [0.2, 0.25) is 5.91 Å². The lowest BCUT2D eigenvalue weighted by molar-refractivity contribution is -0.129. The molecule has 1 aliphatic carbocycles. The first-order valence-corrected chi connectivity index (χ1v) is 6.98. The van der Waals surface area contributed by atoms with Crippen molar-refractivity contribution in [3.63, 3.8) is 0 Å². The van der Waals surface area contributed by atoms with Gasteiger partial charge in [0.15, 0.2) is 0 Å². The molecule has 2 aliphatic rings. The van der Waals surface area contributed by atoms with E-state index in [-0.39, 0.29) is 29.7 Å². The molecule has 0 spiro atoms. The van der Waals surface area contributed by atoms with Crippen LogP contribution in [0.4, 0.5) is 8.78 Å². The van der Waals surface area contributed by atoms with Crippen LogP contribution in [0.15, 0.2) is 24.3 Å². The van der Waals surface area contributed by atoms with Gasteiger partial charge in [-0.2, -0.15) is 8.78 Å². The number of benzene rings is 1. The Hall–Kier alpha value is -1.69. The van der Waals surface area contributed by atoms with E-state index in [0.29, 0.717) is 5.56 Å². The van der Waals surface area contributed by atoms with E-state index in [0.717, 1.165) is 6.42 Å². The van der Waals surface area contributed by atoms with Crippen LogP contribution in [0, 0.1) is 5.41 Å². The van der Waals surface area contributed by atoms with E-state index >= 15 is 0 Å². The zero-order chi connectivity index (χ0) is 15.2. The summed E-state index contributed by atoms with van der Waals surface area (Å²) in [6.45, 7) is 1.54. The number of halogens is 2. The first-order chi connectivity index (χ1) is 9.90. The Bertz CT molecular complexity index is 562. The SMILES string of the molecule is CC1(C)CC1N1C(=O)CNC1c1ccccc1OC(F)F. The van der Waals surface area contributed by atoms with Crippen molar-refractivity contribution < 1.29 is 18.3 Å². The van der Waals surface area contributed by atoms with Crippen LogP contribution < -0.4 is 10.1 Å². The highest BCUT2D eigenvalue weighted by Gasteiger charge is 2.54. The van der Waals surface area contributed by atoms with Crippen LogP contribution in [0.1, 0.15) is 32.0 Å². The summed E-state index contributed by atoms with van der Waals surface area (Å²) in [4.78, 5) is 13.9. The molecule has 4 nitrogen and oxygen atoms in total. The number of rotatable bonds is 4. The maximum atomic E-state index is 12.5. The van der Waals surface area contributed by atoms with Crippen LogP contribution in [0.3, 0.4) is 0 Å². The second-order valence-corrected chi connectivity index (χ2v) is 6.21. The van der Waals surface area contributed by atoms with E-state index in [4.69, 9.17) is 0 Å². The van der Waals surface area contributed by atoms with E-state index in [1.807, 2.05) is 0 Å². The molecule has 2 atom stereocenters. The standard InChI is InChI=1S/C15H18F2N2O2/c1-15(2)7-11(15)19-12(20)8-18-13(19)9-5-3-4-6-10(9)21-14(16)17/h3-6,11,13-14,18H,7-8H2,1-2H3. The Morgan fingerprint density at radius 2 is 2.05 bits per heavy atom. The van der Waals surface area contributed by atoms with Gasteiger partial charge in [-0.15, -0.1) is 0 Å². The van der Waals surface area contributed by atoms with E-state index in [2.05, 4.69) is 23.9 Å². The quantitative estimate of drug-likeness (QED) is 0.928. The summed E-state index contributed by atoms with van der Waals surface area (Å²) in [6, 6.07) is 6.76. The molecule has 2 unspecified atom stereocenters. The topological polar surface area (TPSA) is 41.6 Å². The summed E-state index contributed by atoms with van der Waals surface area (Å²) < 4.78 is 29.6. The molecule has 1 N–H and O–H groups in total. The predicted molar refractivity (Wildman–Crippen MR) is 72.8 cm³/mol. The number of hydrogen-bond acceptors (Lipinski definition) is 3. The highest BCUT2D eigenvalue weighted by Crippen LogP contribution is 2.51. The van der Waals surface area contributed by atoms with E-state index in [1.54, 1.807) is 23.1 Å². The van der Waals surface area contributed by atoms with Gasteiger partial charge < -0.3 is 9.64 Å². The second kappa shape index (κ2) is 4.94. The summed E-state index contributed by atoms with van der Waals surface area (Å²) in [7, 11) is 0. The number of amides is 1. The average molecular weight is 296 g/mol. The molecule has 114 valence electrons. The van der Waals surface area contributed by atoms with Crippen molar-refractivity contribution in [3.05, 3.63) is 29.8 Å². The zero-order valence-corrected chi connectivity index (χ0v) is 12.0. The fourth-order valence-electron chi connectivity index (χ4n) is 2.96. The molecule has 3 rings (SSSR count). The van der Waals surface area contributed by atoms with E-state index in [1.165, 1.54) is 6.07 Å². The number of nitrogens with one attached hydrogen (secondary N) is 1. The Morgan fingerprint density at radius 3 is 2.67 bits per heavy atom. The number of carbonyl (C=O) groups is 1. The van der Waals surface area contributed by atoms with Crippen LogP contribution in [0.2, 0.25) is 0 Å². The van der Waals surface area contributed by atoms with Gasteiger partial charge in [-0.05, 0) is 17.9 Å². The third-order valence-electron chi connectivity index (χ3n) is 4.24. The fourth-order valence-corrected chi connectivity index (χ4v) is 2.96. The lowest BCUT2D eigenvalue weighted by Crippen LogP contribution is -2.34. The Balaban J connectivity index is 1.91. The smallest absolute Gasteiger partial charge is 0.387 e. The van der Waals surface area contributed by atoms with Crippen molar-refractivity contribution in [2.24, 2.45) is 5.41 Å².